The standard InChI is InChI=1S/C46H29N3O/c1-3-11-30(12-4-1)35-27-37(31-13-5-2-6-14-31)46-40(28-35)38-25-32(33-21-23-44-39(26-33)36-16-7-8-18-43(36)50-44)20-22-42(38)49(46)45-19-9-17-41(48-45)34-15-10-24-47-29-34/h1-29H. The summed E-state index contributed by atoms with van der Waals surface area (Å²) in [6, 6.07) is 57.8. The van der Waals surface area contributed by atoms with Gasteiger partial charge in [-0.1, -0.05) is 97.1 Å². The van der Waals surface area contributed by atoms with Gasteiger partial charge in [-0.25, -0.2) is 4.98 Å². The lowest BCUT2D eigenvalue weighted by Crippen LogP contribution is -2.00. The number of hydrogen-bond acceptors (Lipinski definition) is 3. The fourth-order valence-corrected chi connectivity index (χ4v) is 7.33. The normalized spacial score (nSPS) is 11.6. The minimum absolute atomic E-state index is 0.857. The van der Waals surface area contributed by atoms with Crippen LogP contribution in [-0.2, 0) is 0 Å². The Kier molecular flexibility index (Phi) is 6.46. The fraction of sp³-hybridized carbons (Fsp3) is 0. The van der Waals surface area contributed by atoms with Crippen molar-refractivity contribution in [3.63, 3.8) is 0 Å². The first-order valence-electron chi connectivity index (χ1n) is 16.8. The molecular formula is C46H29N3O. The Morgan fingerprint density at radius 3 is 1.96 bits per heavy atom. The van der Waals surface area contributed by atoms with E-state index >= 15 is 0 Å². The molecule has 0 N–H and O–H groups in total. The average molecular weight is 640 g/mol. The van der Waals surface area contributed by atoms with Crippen LogP contribution in [0.4, 0.5) is 0 Å². The fourth-order valence-electron chi connectivity index (χ4n) is 7.33. The Hall–Kier alpha value is -6.78. The van der Waals surface area contributed by atoms with Gasteiger partial charge in [0.2, 0.25) is 0 Å². The highest BCUT2D eigenvalue weighted by molar-refractivity contribution is 6.16. The van der Waals surface area contributed by atoms with Crippen LogP contribution in [0.2, 0.25) is 0 Å². The quantitative estimate of drug-likeness (QED) is 0.188. The largest absolute Gasteiger partial charge is 0.456 e. The number of furan rings is 1. The second kappa shape index (κ2) is 11.4. The Morgan fingerprint density at radius 1 is 0.440 bits per heavy atom. The number of aromatic nitrogens is 3. The minimum Gasteiger partial charge on any atom is -0.456 e. The maximum absolute atomic E-state index is 6.16. The van der Waals surface area contributed by atoms with Gasteiger partial charge in [0.05, 0.1) is 16.7 Å². The first kappa shape index (κ1) is 28.3. The summed E-state index contributed by atoms with van der Waals surface area (Å²) in [7, 11) is 0. The van der Waals surface area contributed by atoms with Gasteiger partial charge in [0.1, 0.15) is 17.0 Å². The van der Waals surface area contributed by atoms with Gasteiger partial charge in [-0.15, -0.1) is 0 Å². The van der Waals surface area contributed by atoms with Crippen molar-refractivity contribution in [3.05, 3.63) is 176 Å². The number of nitrogens with zero attached hydrogens (tertiary/aromatic N) is 3. The van der Waals surface area contributed by atoms with E-state index in [9.17, 15) is 0 Å². The smallest absolute Gasteiger partial charge is 0.138 e. The second-order valence-corrected chi connectivity index (χ2v) is 12.7. The van der Waals surface area contributed by atoms with Crippen LogP contribution in [0.1, 0.15) is 0 Å². The number of para-hydroxylation sites is 1. The van der Waals surface area contributed by atoms with E-state index in [0.29, 0.717) is 0 Å². The van der Waals surface area contributed by atoms with Crippen molar-refractivity contribution < 1.29 is 4.42 Å². The Morgan fingerprint density at radius 2 is 1.14 bits per heavy atom. The first-order chi connectivity index (χ1) is 24.8. The summed E-state index contributed by atoms with van der Waals surface area (Å²) in [5, 5.41) is 4.58. The molecule has 0 radical (unpaired) electrons. The number of rotatable bonds is 5. The third kappa shape index (κ3) is 4.61. The van der Waals surface area contributed by atoms with E-state index in [-0.39, 0.29) is 0 Å². The molecule has 4 nitrogen and oxygen atoms in total. The zero-order valence-corrected chi connectivity index (χ0v) is 27.0. The van der Waals surface area contributed by atoms with Crippen LogP contribution in [0, 0.1) is 0 Å². The molecule has 0 bridgehead atoms. The van der Waals surface area contributed by atoms with E-state index in [1.165, 1.54) is 16.5 Å². The molecule has 0 aliphatic carbocycles. The van der Waals surface area contributed by atoms with E-state index in [4.69, 9.17) is 9.40 Å². The average Bonchev–Trinajstić information content (AvgIpc) is 3.73. The van der Waals surface area contributed by atoms with Crippen LogP contribution in [0.5, 0.6) is 0 Å². The van der Waals surface area contributed by atoms with E-state index < -0.39 is 0 Å². The Bertz CT molecular complexity index is 2850. The van der Waals surface area contributed by atoms with Crippen molar-refractivity contribution in [2.24, 2.45) is 0 Å². The van der Waals surface area contributed by atoms with Crippen molar-refractivity contribution in [1.82, 2.24) is 14.5 Å². The lowest BCUT2D eigenvalue weighted by Gasteiger charge is -2.14. The summed E-state index contributed by atoms with van der Waals surface area (Å²) in [5.41, 5.74) is 12.8. The summed E-state index contributed by atoms with van der Waals surface area (Å²) in [5.74, 6) is 0.857. The molecular weight excluding hydrogens is 611 g/mol. The van der Waals surface area contributed by atoms with E-state index in [0.717, 1.165) is 77.7 Å². The molecule has 0 aliphatic heterocycles. The lowest BCUT2D eigenvalue weighted by atomic mass is 9.95. The maximum Gasteiger partial charge on any atom is 0.138 e. The van der Waals surface area contributed by atoms with Crippen molar-refractivity contribution in [2.75, 3.05) is 0 Å². The Labute approximate surface area is 288 Å². The molecule has 4 heterocycles. The Balaban J connectivity index is 1.28. The molecule has 0 fully saturated rings. The van der Waals surface area contributed by atoms with Gasteiger partial charge in [0, 0.05) is 45.1 Å². The third-order valence-corrected chi connectivity index (χ3v) is 9.68. The topological polar surface area (TPSA) is 43.9 Å². The van der Waals surface area contributed by atoms with Crippen LogP contribution in [0.15, 0.2) is 181 Å². The van der Waals surface area contributed by atoms with Gasteiger partial charge >= 0.3 is 0 Å². The number of benzene rings is 6. The summed E-state index contributed by atoms with van der Waals surface area (Å²) in [6.07, 6.45) is 3.66. The van der Waals surface area contributed by atoms with Crippen molar-refractivity contribution in [2.45, 2.75) is 0 Å². The third-order valence-electron chi connectivity index (χ3n) is 9.68. The molecule has 10 rings (SSSR count). The van der Waals surface area contributed by atoms with Crippen LogP contribution < -0.4 is 0 Å². The summed E-state index contributed by atoms with van der Waals surface area (Å²) in [4.78, 5) is 9.62. The van der Waals surface area contributed by atoms with E-state index in [1.54, 1.807) is 6.20 Å². The molecule has 0 spiro atoms. The van der Waals surface area contributed by atoms with Crippen molar-refractivity contribution >= 4 is 43.7 Å². The monoisotopic (exact) mass is 639 g/mol. The predicted molar refractivity (Wildman–Crippen MR) is 205 cm³/mol. The summed E-state index contributed by atoms with van der Waals surface area (Å²) in [6.45, 7) is 0. The first-order valence-corrected chi connectivity index (χ1v) is 16.8. The van der Waals surface area contributed by atoms with Gasteiger partial charge in [0.15, 0.2) is 0 Å². The second-order valence-electron chi connectivity index (χ2n) is 12.7. The minimum atomic E-state index is 0.857. The molecule has 4 heteroatoms. The van der Waals surface area contributed by atoms with Crippen molar-refractivity contribution in [3.8, 4) is 50.5 Å². The summed E-state index contributed by atoms with van der Waals surface area (Å²) < 4.78 is 8.49. The number of hydrogen-bond donors (Lipinski definition) is 0. The van der Waals surface area contributed by atoms with Gasteiger partial charge in [-0.05, 0) is 94.5 Å². The van der Waals surface area contributed by atoms with E-state index in [1.807, 2.05) is 30.5 Å². The number of fused-ring (bicyclic) bond motifs is 6. The highest BCUT2D eigenvalue weighted by Crippen LogP contribution is 2.43. The van der Waals surface area contributed by atoms with Gasteiger partial charge in [-0.2, -0.15) is 0 Å². The van der Waals surface area contributed by atoms with E-state index in [2.05, 4.69) is 149 Å². The van der Waals surface area contributed by atoms with Crippen LogP contribution in [-0.4, -0.2) is 14.5 Å². The molecule has 6 aromatic carbocycles. The van der Waals surface area contributed by atoms with Gasteiger partial charge in [0.25, 0.3) is 0 Å². The lowest BCUT2D eigenvalue weighted by molar-refractivity contribution is 0.669. The zero-order valence-electron chi connectivity index (χ0n) is 27.0. The van der Waals surface area contributed by atoms with Crippen LogP contribution in [0.25, 0.3) is 94.2 Å². The molecule has 0 saturated carbocycles. The molecule has 10 aromatic rings. The molecule has 4 aromatic heterocycles. The maximum atomic E-state index is 6.16. The predicted octanol–water partition coefficient (Wildman–Crippen LogP) is 12.1. The molecule has 0 amide bonds. The zero-order chi connectivity index (χ0) is 33.0. The molecule has 234 valence electrons. The molecule has 0 saturated heterocycles. The molecule has 50 heavy (non-hydrogen) atoms. The van der Waals surface area contributed by atoms with Crippen LogP contribution in [0.3, 0.4) is 0 Å². The number of pyridine rings is 2. The highest BCUT2D eigenvalue weighted by atomic mass is 16.3. The van der Waals surface area contributed by atoms with Crippen LogP contribution >= 0.6 is 0 Å². The summed E-state index contributed by atoms with van der Waals surface area (Å²) >= 11 is 0. The highest BCUT2D eigenvalue weighted by Gasteiger charge is 2.20. The SMILES string of the molecule is c1ccc(-c2cc(-c3ccccc3)c3c(c2)c2cc(-c4ccc5oc6ccccc6c5c4)ccc2n3-c2cccc(-c3cccnc3)n2)cc1. The van der Waals surface area contributed by atoms with Gasteiger partial charge in [-0.3, -0.25) is 9.55 Å². The molecule has 0 atom stereocenters. The molecule has 0 unspecified atom stereocenters. The molecule has 0 aliphatic rings. The van der Waals surface area contributed by atoms with Crippen molar-refractivity contribution in [1.29, 1.82) is 0 Å². The van der Waals surface area contributed by atoms with Gasteiger partial charge < -0.3 is 4.42 Å².